The molecule has 1 atom stereocenters. The molecule has 0 spiro atoms. The highest BCUT2D eigenvalue weighted by atomic mass is 79.9. The third kappa shape index (κ3) is 3.44. The first kappa shape index (κ1) is 12.9. The number of hydrogen-bond acceptors (Lipinski definition) is 3. The molecule has 0 amide bonds. The standard InChI is InChI=1S/C10H9BrF2O3/c1-15-10(14)7(11)5-16-6-2-3-8(12)9(13)4-6/h2-4,7H,5H2,1H3. The van der Waals surface area contributed by atoms with Gasteiger partial charge < -0.3 is 9.47 Å². The fraction of sp³-hybridized carbons (Fsp3) is 0.300. The van der Waals surface area contributed by atoms with Crippen molar-refractivity contribution in [3.05, 3.63) is 29.8 Å². The monoisotopic (exact) mass is 294 g/mol. The first-order valence-electron chi connectivity index (χ1n) is 4.34. The zero-order chi connectivity index (χ0) is 12.1. The van der Waals surface area contributed by atoms with Crippen molar-refractivity contribution in [1.29, 1.82) is 0 Å². The Bertz CT molecular complexity index is 384. The maximum absolute atomic E-state index is 12.8. The van der Waals surface area contributed by atoms with Gasteiger partial charge in [-0.3, -0.25) is 4.79 Å². The number of rotatable bonds is 4. The van der Waals surface area contributed by atoms with Crippen molar-refractivity contribution < 1.29 is 23.0 Å². The van der Waals surface area contributed by atoms with Gasteiger partial charge in [-0.05, 0) is 12.1 Å². The minimum atomic E-state index is -0.998. The molecule has 0 aromatic heterocycles. The lowest BCUT2D eigenvalue weighted by molar-refractivity contribution is -0.140. The highest BCUT2D eigenvalue weighted by molar-refractivity contribution is 9.10. The van der Waals surface area contributed by atoms with Crippen molar-refractivity contribution >= 4 is 21.9 Å². The maximum atomic E-state index is 12.8. The van der Waals surface area contributed by atoms with Crippen LogP contribution in [0.5, 0.6) is 5.75 Å². The third-order valence-electron chi connectivity index (χ3n) is 1.74. The molecule has 1 aromatic rings. The summed E-state index contributed by atoms with van der Waals surface area (Å²) in [4.78, 5) is 10.3. The molecule has 0 heterocycles. The van der Waals surface area contributed by atoms with Gasteiger partial charge >= 0.3 is 5.97 Å². The van der Waals surface area contributed by atoms with Crippen LogP contribution in [-0.4, -0.2) is 24.5 Å². The molecule has 0 aliphatic heterocycles. The molecule has 1 aromatic carbocycles. The summed E-state index contributed by atoms with van der Waals surface area (Å²) >= 11 is 3.03. The molecule has 0 saturated heterocycles. The third-order valence-corrected chi connectivity index (χ3v) is 2.38. The van der Waals surface area contributed by atoms with Gasteiger partial charge in [-0.2, -0.15) is 0 Å². The van der Waals surface area contributed by atoms with Crippen LogP contribution in [-0.2, 0) is 9.53 Å². The van der Waals surface area contributed by atoms with E-state index in [1.165, 1.54) is 13.2 Å². The van der Waals surface area contributed by atoms with Gasteiger partial charge in [0.25, 0.3) is 0 Å². The average molecular weight is 295 g/mol. The second-order valence-corrected chi connectivity index (χ2v) is 3.98. The average Bonchev–Trinajstić information content (AvgIpc) is 2.29. The number of ether oxygens (including phenoxy) is 2. The van der Waals surface area contributed by atoms with E-state index < -0.39 is 22.4 Å². The summed E-state index contributed by atoms with van der Waals surface area (Å²) in [7, 11) is 1.24. The Balaban J connectivity index is 2.55. The van der Waals surface area contributed by atoms with Crippen molar-refractivity contribution in [3.8, 4) is 5.75 Å². The summed E-state index contributed by atoms with van der Waals surface area (Å²) in [6.45, 7) is -0.0300. The van der Waals surface area contributed by atoms with E-state index in [1.807, 2.05) is 0 Å². The highest BCUT2D eigenvalue weighted by Crippen LogP contribution is 2.16. The van der Waals surface area contributed by atoms with Crippen LogP contribution in [0.3, 0.4) is 0 Å². The number of esters is 1. The van der Waals surface area contributed by atoms with E-state index in [2.05, 4.69) is 20.7 Å². The lowest BCUT2D eigenvalue weighted by Crippen LogP contribution is -2.22. The lowest BCUT2D eigenvalue weighted by atomic mass is 10.3. The van der Waals surface area contributed by atoms with Crippen LogP contribution in [0.15, 0.2) is 18.2 Å². The zero-order valence-corrected chi connectivity index (χ0v) is 9.96. The molecular weight excluding hydrogens is 286 g/mol. The summed E-state index contributed by atoms with van der Waals surface area (Å²) < 4.78 is 34.9. The van der Waals surface area contributed by atoms with Gasteiger partial charge in [0.1, 0.15) is 17.2 Å². The van der Waals surface area contributed by atoms with Crippen LogP contribution in [0.2, 0.25) is 0 Å². The van der Waals surface area contributed by atoms with E-state index in [0.717, 1.165) is 12.1 Å². The first-order valence-corrected chi connectivity index (χ1v) is 5.26. The molecule has 0 N–H and O–H groups in total. The minimum absolute atomic E-state index is 0.0300. The zero-order valence-electron chi connectivity index (χ0n) is 8.38. The fourth-order valence-electron chi connectivity index (χ4n) is 0.932. The molecule has 3 nitrogen and oxygen atoms in total. The molecule has 1 rings (SSSR count). The van der Waals surface area contributed by atoms with Crippen LogP contribution in [0.1, 0.15) is 0 Å². The van der Waals surface area contributed by atoms with Crippen molar-refractivity contribution in [2.75, 3.05) is 13.7 Å². The van der Waals surface area contributed by atoms with Gasteiger partial charge in [0.2, 0.25) is 0 Å². The summed E-state index contributed by atoms with van der Waals surface area (Å²) in [5, 5.41) is 0. The quantitative estimate of drug-likeness (QED) is 0.631. The van der Waals surface area contributed by atoms with E-state index in [1.54, 1.807) is 0 Å². The number of carbonyl (C=O) groups is 1. The van der Waals surface area contributed by atoms with Crippen molar-refractivity contribution in [2.45, 2.75) is 4.83 Å². The number of carbonyl (C=O) groups excluding carboxylic acids is 1. The summed E-state index contributed by atoms with van der Waals surface area (Å²) in [6, 6.07) is 3.13. The molecule has 16 heavy (non-hydrogen) atoms. The van der Waals surface area contributed by atoms with Crippen molar-refractivity contribution in [1.82, 2.24) is 0 Å². The molecule has 0 aliphatic rings. The maximum Gasteiger partial charge on any atom is 0.322 e. The molecule has 0 aliphatic carbocycles. The molecule has 88 valence electrons. The van der Waals surface area contributed by atoms with Crippen LogP contribution in [0.25, 0.3) is 0 Å². The van der Waals surface area contributed by atoms with Gasteiger partial charge in [-0.15, -0.1) is 0 Å². The Morgan fingerprint density at radius 3 is 2.69 bits per heavy atom. The lowest BCUT2D eigenvalue weighted by Gasteiger charge is -2.09. The predicted octanol–water partition coefficient (Wildman–Crippen LogP) is 2.28. The van der Waals surface area contributed by atoms with Gasteiger partial charge in [0.15, 0.2) is 11.6 Å². The molecular formula is C10H9BrF2O3. The molecule has 0 radical (unpaired) electrons. The Kier molecular flexibility index (Phi) is 4.67. The topological polar surface area (TPSA) is 35.5 Å². The van der Waals surface area contributed by atoms with Crippen LogP contribution in [0.4, 0.5) is 8.78 Å². The summed E-state index contributed by atoms with van der Waals surface area (Å²) in [5.74, 6) is -2.30. The van der Waals surface area contributed by atoms with Gasteiger partial charge in [-0.25, -0.2) is 8.78 Å². The Morgan fingerprint density at radius 2 is 2.12 bits per heavy atom. The van der Waals surface area contributed by atoms with Crippen molar-refractivity contribution in [2.24, 2.45) is 0 Å². The normalized spacial score (nSPS) is 12.0. The Labute approximate surface area is 99.5 Å². The summed E-state index contributed by atoms with van der Waals surface area (Å²) in [6.07, 6.45) is 0. The van der Waals surface area contributed by atoms with E-state index in [0.29, 0.717) is 0 Å². The SMILES string of the molecule is COC(=O)C(Br)COc1ccc(F)c(F)c1. The van der Waals surface area contributed by atoms with E-state index in [-0.39, 0.29) is 12.4 Å². The highest BCUT2D eigenvalue weighted by Gasteiger charge is 2.16. The van der Waals surface area contributed by atoms with E-state index in [9.17, 15) is 13.6 Å². The number of benzene rings is 1. The van der Waals surface area contributed by atoms with Gasteiger partial charge in [0.05, 0.1) is 7.11 Å². The summed E-state index contributed by atoms with van der Waals surface area (Å²) in [5.41, 5.74) is 0. The molecule has 0 saturated carbocycles. The fourth-order valence-corrected chi connectivity index (χ4v) is 1.25. The van der Waals surface area contributed by atoms with Gasteiger partial charge in [-0.1, -0.05) is 15.9 Å². The van der Waals surface area contributed by atoms with Crippen LogP contribution < -0.4 is 4.74 Å². The number of halogens is 3. The van der Waals surface area contributed by atoms with E-state index >= 15 is 0 Å². The molecule has 0 fully saturated rings. The smallest absolute Gasteiger partial charge is 0.322 e. The number of methoxy groups -OCH3 is 1. The molecule has 6 heteroatoms. The van der Waals surface area contributed by atoms with E-state index in [4.69, 9.17) is 4.74 Å². The first-order chi connectivity index (χ1) is 7.54. The Morgan fingerprint density at radius 1 is 1.44 bits per heavy atom. The molecule has 1 unspecified atom stereocenters. The second-order valence-electron chi connectivity index (χ2n) is 2.88. The largest absolute Gasteiger partial charge is 0.492 e. The predicted molar refractivity (Wildman–Crippen MR) is 56.6 cm³/mol. The number of alkyl halides is 1. The minimum Gasteiger partial charge on any atom is -0.492 e. The van der Waals surface area contributed by atoms with Crippen molar-refractivity contribution in [3.63, 3.8) is 0 Å². The Hall–Kier alpha value is -1.17. The second kappa shape index (κ2) is 5.79. The number of hydrogen-bond donors (Lipinski definition) is 0. The van der Waals surface area contributed by atoms with Crippen LogP contribution in [0, 0.1) is 11.6 Å². The van der Waals surface area contributed by atoms with Crippen LogP contribution >= 0.6 is 15.9 Å². The van der Waals surface area contributed by atoms with Gasteiger partial charge in [0, 0.05) is 6.07 Å². The molecule has 0 bridgehead atoms.